The van der Waals surface area contributed by atoms with Crippen LogP contribution in [0.15, 0.2) is 0 Å². The normalized spacial score (nSPS) is 17.6. The fraction of sp³-hybridized carbons (Fsp3) is 1.00. The van der Waals surface area contributed by atoms with Crippen LogP contribution in [0.1, 0.15) is 32.6 Å². The first kappa shape index (κ1) is 12.3. The molecule has 0 aliphatic heterocycles. The van der Waals surface area contributed by atoms with Gasteiger partial charge in [-0.25, -0.2) is 8.42 Å². The molecule has 0 saturated heterocycles. The maximum atomic E-state index is 11.8. The van der Waals surface area contributed by atoms with Gasteiger partial charge in [-0.15, -0.1) is 11.6 Å². The molecule has 1 aliphatic carbocycles. The van der Waals surface area contributed by atoms with Crippen molar-refractivity contribution in [2.24, 2.45) is 0 Å². The van der Waals surface area contributed by atoms with E-state index in [4.69, 9.17) is 11.6 Å². The molecule has 0 unspecified atom stereocenters. The summed E-state index contributed by atoms with van der Waals surface area (Å²) in [5, 5.41) is 0. The number of rotatable bonds is 7. The fourth-order valence-electron chi connectivity index (χ4n) is 1.54. The van der Waals surface area contributed by atoms with E-state index in [1.54, 1.807) is 4.31 Å². The monoisotopic (exact) mass is 239 g/mol. The molecule has 0 aromatic rings. The zero-order chi connectivity index (χ0) is 10.6. The molecule has 84 valence electrons. The molecule has 0 radical (unpaired) electrons. The van der Waals surface area contributed by atoms with Crippen LogP contribution in [0.2, 0.25) is 0 Å². The van der Waals surface area contributed by atoms with E-state index in [2.05, 4.69) is 0 Å². The van der Waals surface area contributed by atoms with Crippen LogP contribution >= 0.6 is 11.6 Å². The summed E-state index contributed by atoms with van der Waals surface area (Å²) in [5.74, 6) is 0.801. The number of halogens is 1. The first-order valence-electron chi connectivity index (χ1n) is 5.17. The first-order chi connectivity index (χ1) is 6.61. The molecule has 0 N–H and O–H groups in total. The van der Waals surface area contributed by atoms with Crippen molar-refractivity contribution < 1.29 is 8.42 Å². The van der Waals surface area contributed by atoms with Crippen LogP contribution in [0.25, 0.3) is 0 Å². The average Bonchev–Trinajstić information content (AvgIpc) is 2.89. The Morgan fingerprint density at radius 1 is 1.36 bits per heavy atom. The van der Waals surface area contributed by atoms with Gasteiger partial charge in [0, 0.05) is 18.5 Å². The van der Waals surface area contributed by atoms with Crippen molar-refractivity contribution in [3.8, 4) is 0 Å². The van der Waals surface area contributed by atoms with Gasteiger partial charge in [0.1, 0.15) is 0 Å². The standard InChI is InChI=1S/C9H18ClNO2S/c1-2-11(9-5-6-9)14(12,13)8-4-3-7-10/h9H,2-8H2,1H3. The highest BCUT2D eigenvalue weighted by atomic mass is 35.5. The Hall–Kier alpha value is 0.200. The molecule has 1 fully saturated rings. The van der Waals surface area contributed by atoms with Gasteiger partial charge in [-0.3, -0.25) is 0 Å². The SMILES string of the molecule is CCN(C1CC1)S(=O)(=O)CCCCCl. The summed E-state index contributed by atoms with van der Waals surface area (Å²) < 4.78 is 25.2. The average molecular weight is 240 g/mol. The predicted octanol–water partition coefficient (Wildman–Crippen LogP) is 1.82. The van der Waals surface area contributed by atoms with Crippen molar-refractivity contribution in [2.45, 2.75) is 38.6 Å². The van der Waals surface area contributed by atoms with E-state index in [1.165, 1.54) is 0 Å². The number of unbranched alkanes of at least 4 members (excludes halogenated alkanes) is 1. The molecule has 3 nitrogen and oxygen atoms in total. The van der Waals surface area contributed by atoms with Crippen molar-refractivity contribution in [1.82, 2.24) is 4.31 Å². The molecule has 0 bridgehead atoms. The van der Waals surface area contributed by atoms with Crippen LogP contribution in [-0.4, -0.2) is 36.9 Å². The molecule has 0 aromatic carbocycles. The summed E-state index contributed by atoms with van der Waals surface area (Å²) in [5.41, 5.74) is 0. The van der Waals surface area contributed by atoms with Crippen molar-refractivity contribution in [2.75, 3.05) is 18.2 Å². The van der Waals surface area contributed by atoms with Gasteiger partial charge in [0.2, 0.25) is 10.0 Å². The van der Waals surface area contributed by atoms with Crippen LogP contribution in [0, 0.1) is 0 Å². The molecule has 0 atom stereocenters. The van der Waals surface area contributed by atoms with Gasteiger partial charge in [-0.05, 0) is 25.7 Å². The third kappa shape index (κ3) is 3.41. The second-order valence-electron chi connectivity index (χ2n) is 3.65. The largest absolute Gasteiger partial charge is 0.214 e. The molecule has 1 rings (SSSR count). The van der Waals surface area contributed by atoms with E-state index in [1.807, 2.05) is 6.92 Å². The van der Waals surface area contributed by atoms with Crippen LogP contribution in [0.3, 0.4) is 0 Å². The number of alkyl halides is 1. The molecule has 0 spiro atoms. The Labute approximate surface area is 91.5 Å². The second-order valence-corrected chi connectivity index (χ2v) is 6.07. The van der Waals surface area contributed by atoms with E-state index in [0.717, 1.165) is 19.3 Å². The minimum Gasteiger partial charge on any atom is -0.212 e. The molecule has 0 heterocycles. The first-order valence-corrected chi connectivity index (χ1v) is 7.31. The lowest BCUT2D eigenvalue weighted by atomic mass is 10.4. The van der Waals surface area contributed by atoms with E-state index in [-0.39, 0.29) is 5.75 Å². The zero-order valence-electron chi connectivity index (χ0n) is 8.58. The van der Waals surface area contributed by atoms with Crippen molar-refractivity contribution >= 4 is 21.6 Å². The van der Waals surface area contributed by atoms with Gasteiger partial charge in [0.05, 0.1) is 5.75 Å². The molecule has 14 heavy (non-hydrogen) atoms. The summed E-state index contributed by atoms with van der Waals surface area (Å²) >= 11 is 5.51. The third-order valence-corrected chi connectivity index (χ3v) is 4.75. The van der Waals surface area contributed by atoms with Gasteiger partial charge in [0.25, 0.3) is 0 Å². The summed E-state index contributed by atoms with van der Waals surface area (Å²) in [6.45, 7) is 2.51. The van der Waals surface area contributed by atoms with Crippen LogP contribution < -0.4 is 0 Å². The predicted molar refractivity (Wildman–Crippen MR) is 59.1 cm³/mol. The Morgan fingerprint density at radius 2 is 2.00 bits per heavy atom. The highest BCUT2D eigenvalue weighted by Crippen LogP contribution is 2.29. The summed E-state index contributed by atoms with van der Waals surface area (Å²) in [6, 6.07) is 0.293. The van der Waals surface area contributed by atoms with Crippen LogP contribution in [-0.2, 0) is 10.0 Å². The van der Waals surface area contributed by atoms with Gasteiger partial charge in [-0.1, -0.05) is 6.92 Å². The van der Waals surface area contributed by atoms with E-state index in [9.17, 15) is 8.42 Å². The molecule has 1 saturated carbocycles. The molecule has 1 aliphatic rings. The molecular formula is C9H18ClNO2S. The zero-order valence-corrected chi connectivity index (χ0v) is 10.1. The lowest BCUT2D eigenvalue weighted by Crippen LogP contribution is -2.34. The second kappa shape index (κ2) is 5.33. The van der Waals surface area contributed by atoms with Crippen LogP contribution in [0.4, 0.5) is 0 Å². The van der Waals surface area contributed by atoms with Gasteiger partial charge < -0.3 is 0 Å². The molecular weight excluding hydrogens is 222 g/mol. The summed E-state index contributed by atoms with van der Waals surface area (Å²) in [7, 11) is -3.01. The maximum absolute atomic E-state index is 11.8. The minimum atomic E-state index is -3.01. The Kier molecular flexibility index (Phi) is 4.67. The topological polar surface area (TPSA) is 37.4 Å². The highest BCUT2D eigenvalue weighted by Gasteiger charge is 2.35. The van der Waals surface area contributed by atoms with Crippen molar-refractivity contribution in [3.63, 3.8) is 0 Å². The fourth-order valence-corrected chi connectivity index (χ4v) is 3.59. The lowest BCUT2D eigenvalue weighted by molar-refractivity contribution is 0.420. The Balaban J connectivity index is 2.44. The Bertz CT molecular complexity index is 262. The highest BCUT2D eigenvalue weighted by molar-refractivity contribution is 7.89. The third-order valence-electron chi connectivity index (χ3n) is 2.41. The minimum absolute atomic E-state index is 0.254. The van der Waals surface area contributed by atoms with E-state index < -0.39 is 10.0 Å². The Morgan fingerprint density at radius 3 is 2.43 bits per heavy atom. The number of sulfonamides is 1. The number of hydrogen-bond donors (Lipinski definition) is 0. The van der Waals surface area contributed by atoms with Gasteiger partial charge in [-0.2, -0.15) is 4.31 Å². The molecule has 0 aromatic heterocycles. The maximum Gasteiger partial charge on any atom is 0.214 e. The smallest absolute Gasteiger partial charge is 0.212 e. The molecule has 5 heteroatoms. The van der Waals surface area contributed by atoms with E-state index >= 15 is 0 Å². The molecule has 0 amide bonds. The van der Waals surface area contributed by atoms with Crippen molar-refractivity contribution in [3.05, 3.63) is 0 Å². The van der Waals surface area contributed by atoms with E-state index in [0.29, 0.717) is 24.9 Å². The lowest BCUT2D eigenvalue weighted by Gasteiger charge is -2.19. The summed E-state index contributed by atoms with van der Waals surface area (Å²) in [4.78, 5) is 0. The van der Waals surface area contributed by atoms with Crippen LogP contribution in [0.5, 0.6) is 0 Å². The number of hydrogen-bond acceptors (Lipinski definition) is 2. The number of nitrogens with zero attached hydrogens (tertiary/aromatic N) is 1. The van der Waals surface area contributed by atoms with Gasteiger partial charge in [0.15, 0.2) is 0 Å². The summed E-state index contributed by atoms with van der Waals surface area (Å²) in [6.07, 6.45) is 3.52. The van der Waals surface area contributed by atoms with Crippen molar-refractivity contribution in [1.29, 1.82) is 0 Å². The van der Waals surface area contributed by atoms with Gasteiger partial charge >= 0.3 is 0 Å². The quantitative estimate of drug-likeness (QED) is 0.502.